The van der Waals surface area contributed by atoms with Crippen molar-refractivity contribution in [1.29, 1.82) is 0 Å². The molecule has 10 heteroatoms. The van der Waals surface area contributed by atoms with Gasteiger partial charge >= 0.3 is 6.09 Å². The average Bonchev–Trinajstić information content (AvgIpc) is 3.34. The van der Waals surface area contributed by atoms with Crippen molar-refractivity contribution in [3.63, 3.8) is 0 Å². The minimum atomic E-state index is -2.90. The van der Waals surface area contributed by atoms with Gasteiger partial charge in [0.05, 0.1) is 21.9 Å². The number of hydrogen-bond acceptors (Lipinski definition) is 8. The van der Waals surface area contributed by atoms with Gasteiger partial charge in [0, 0.05) is 34.0 Å². The summed E-state index contributed by atoms with van der Waals surface area (Å²) < 4.78 is 21.3. The Morgan fingerprint density at radius 2 is 1.86 bits per heavy atom. The van der Waals surface area contributed by atoms with Crippen LogP contribution in [0, 0.1) is 0 Å². The molecule has 0 aliphatic rings. The summed E-state index contributed by atoms with van der Waals surface area (Å²) >= 11 is 1.66. The van der Waals surface area contributed by atoms with Gasteiger partial charge < -0.3 is 15.4 Å². The van der Waals surface area contributed by atoms with Gasteiger partial charge in [0.15, 0.2) is 0 Å². The zero-order chi connectivity index (χ0) is 25.3. The number of nitrogens with zero attached hydrogens (tertiary/aromatic N) is 3. The lowest BCUT2D eigenvalue weighted by Gasteiger charge is -2.20. The van der Waals surface area contributed by atoms with Crippen LogP contribution in [0.25, 0.3) is 10.4 Å². The lowest BCUT2D eigenvalue weighted by molar-refractivity contribution is 0.164. The van der Waals surface area contributed by atoms with E-state index in [0.717, 1.165) is 47.6 Å². The van der Waals surface area contributed by atoms with Gasteiger partial charge in [-0.05, 0) is 55.5 Å². The number of carbonyl (C=O) groups excluding carboxylic acids is 1. The van der Waals surface area contributed by atoms with Gasteiger partial charge in [0.2, 0.25) is 5.95 Å². The molecule has 8 nitrogen and oxygen atoms in total. The van der Waals surface area contributed by atoms with Crippen LogP contribution in [0.3, 0.4) is 0 Å². The normalized spacial score (nSPS) is 12.7. The van der Waals surface area contributed by atoms with Crippen LogP contribution >= 0.6 is 11.3 Å². The molecular weight excluding hydrogens is 482 g/mol. The minimum Gasteiger partial charge on any atom is -0.448 e. The molecule has 1 amide bonds. The van der Waals surface area contributed by atoms with E-state index in [0.29, 0.717) is 16.9 Å². The summed E-state index contributed by atoms with van der Waals surface area (Å²) in [6, 6.07) is 11.3. The Morgan fingerprint density at radius 1 is 1.14 bits per heavy atom. The molecule has 2 aromatic heterocycles. The summed E-state index contributed by atoms with van der Waals surface area (Å²) in [5.41, 5.74) is 1.71. The molecule has 3 aromatic rings. The fourth-order valence-electron chi connectivity index (χ4n) is 3.61. The molecule has 1 atom stereocenters. The smallest absolute Gasteiger partial charge is 0.442 e. The van der Waals surface area contributed by atoms with Gasteiger partial charge in [-0.15, -0.1) is 15.7 Å². The second-order valence-corrected chi connectivity index (χ2v) is 11.3. The first kappa shape index (κ1) is 26.6. The molecule has 2 N–H and O–H groups in total. The Balaban J connectivity index is 1.85. The van der Waals surface area contributed by atoms with Crippen LogP contribution in [0.1, 0.15) is 46.5 Å². The standard InChI is InChI=1S/C25H33N5O3S2/c1-5-9-18(10-6-2)27-23-21(22-11-8-16-34-22)17-26-24(29-23)28-19-12-14-20(15-13-19)35(4,32)30-25(31)33-7-3/h8,11-18H,5-7,9-10H2,1-4H3,(H2,26,27,28,29). The number of anilines is 3. The predicted octanol–water partition coefficient (Wildman–Crippen LogP) is 6.94. The van der Waals surface area contributed by atoms with Crippen molar-refractivity contribution in [2.45, 2.75) is 57.4 Å². The fourth-order valence-corrected chi connectivity index (χ4v) is 5.43. The van der Waals surface area contributed by atoms with E-state index in [4.69, 9.17) is 9.72 Å². The highest BCUT2D eigenvalue weighted by molar-refractivity contribution is 7.93. The Hall–Kier alpha value is -2.98. The fraction of sp³-hybridized carbons (Fsp3) is 0.400. The van der Waals surface area contributed by atoms with Crippen LogP contribution in [0.2, 0.25) is 0 Å². The van der Waals surface area contributed by atoms with E-state index < -0.39 is 15.8 Å². The lowest BCUT2D eigenvalue weighted by Crippen LogP contribution is -2.20. The Kier molecular flexibility index (Phi) is 9.62. The highest BCUT2D eigenvalue weighted by Crippen LogP contribution is 2.32. The van der Waals surface area contributed by atoms with Crippen molar-refractivity contribution in [3.8, 4) is 10.4 Å². The summed E-state index contributed by atoms with van der Waals surface area (Å²) in [4.78, 5) is 22.5. The van der Waals surface area contributed by atoms with Crippen LogP contribution in [-0.2, 0) is 14.5 Å². The SMILES string of the molecule is CCCC(CCC)Nc1nc(Nc2ccc(S(C)(=O)=NC(=O)OCC)cc2)ncc1-c1cccs1. The Morgan fingerprint density at radius 3 is 2.46 bits per heavy atom. The zero-order valence-electron chi connectivity index (χ0n) is 20.6. The molecule has 0 aliphatic heterocycles. The number of ether oxygens (including phenoxy) is 1. The van der Waals surface area contributed by atoms with Crippen LogP contribution in [0.5, 0.6) is 0 Å². The van der Waals surface area contributed by atoms with E-state index in [1.54, 1.807) is 42.5 Å². The Bertz CT molecular complexity index is 1210. The second-order valence-electron chi connectivity index (χ2n) is 8.09. The number of nitrogens with one attached hydrogen (secondary N) is 2. The maximum absolute atomic E-state index is 12.8. The molecule has 0 radical (unpaired) electrons. The summed E-state index contributed by atoms with van der Waals surface area (Å²) in [5.74, 6) is 1.26. The third kappa shape index (κ3) is 7.50. The quantitative estimate of drug-likeness (QED) is 0.285. The molecule has 0 fully saturated rings. The number of hydrogen-bond donors (Lipinski definition) is 2. The predicted molar refractivity (Wildman–Crippen MR) is 144 cm³/mol. The monoisotopic (exact) mass is 515 g/mol. The lowest BCUT2D eigenvalue weighted by atomic mass is 10.1. The van der Waals surface area contributed by atoms with Gasteiger partial charge in [0.25, 0.3) is 0 Å². The second kappa shape index (κ2) is 12.6. The van der Waals surface area contributed by atoms with Crippen LogP contribution < -0.4 is 10.6 Å². The Labute approximate surface area is 211 Å². The highest BCUT2D eigenvalue weighted by Gasteiger charge is 2.15. The molecule has 0 spiro atoms. The van der Waals surface area contributed by atoms with Crippen molar-refractivity contribution in [1.82, 2.24) is 9.97 Å². The molecule has 35 heavy (non-hydrogen) atoms. The van der Waals surface area contributed by atoms with Crippen LogP contribution in [-0.4, -0.2) is 39.2 Å². The van der Waals surface area contributed by atoms with E-state index in [1.807, 2.05) is 17.6 Å². The number of aromatic nitrogens is 2. The van der Waals surface area contributed by atoms with Gasteiger partial charge in [-0.3, -0.25) is 0 Å². The molecular formula is C25H33N5O3S2. The zero-order valence-corrected chi connectivity index (χ0v) is 22.2. The minimum absolute atomic E-state index is 0.181. The molecule has 0 aliphatic carbocycles. The van der Waals surface area contributed by atoms with Crippen molar-refractivity contribution >= 4 is 44.6 Å². The number of amides is 1. The molecule has 0 saturated heterocycles. The molecule has 1 aromatic carbocycles. The van der Waals surface area contributed by atoms with Crippen molar-refractivity contribution in [2.75, 3.05) is 23.5 Å². The van der Waals surface area contributed by atoms with Crippen molar-refractivity contribution < 1.29 is 13.7 Å². The molecule has 3 rings (SSSR count). The number of carbonyl (C=O) groups is 1. The summed E-state index contributed by atoms with van der Waals surface area (Å²) in [5, 5.41) is 8.91. The third-order valence-corrected chi connectivity index (χ3v) is 7.80. The largest absolute Gasteiger partial charge is 0.448 e. The van der Waals surface area contributed by atoms with Gasteiger partial charge in [-0.1, -0.05) is 32.8 Å². The maximum Gasteiger partial charge on any atom is 0.442 e. The summed E-state index contributed by atoms with van der Waals surface area (Å²) in [6.45, 7) is 6.24. The van der Waals surface area contributed by atoms with E-state index in [1.165, 1.54) is 6.26 Å². The van der Waals surface area contributed by atoms with Gasteiger partial charge in [-0.25, -0.2) is 14.0 Å². The van der Waals surface area contributed by atoms with Gasteiger partial charge in [0.1, 0.15) is 5.82 Å². The third-order valence-electron chi connectivity index (χ3n) is 5.25. The highest BCUT2D eigenvalue weighted by atomic mass is 32.2. The van der Waals surface area contributed by atoms with Crippen molar-refractivity contribution in [2.24, 2.45) is 4.36 Å². The summed E-state index contributed by atoms with van der Waals surface area (Å²) in [6.07, 6.45) is 6.75. The van der Waals surface area contributed by atoms with E-state index in [-0.39, 0.29) is 6.61 Å². The van der Waals surface area contributed by atoms with Crippen molar-refractivity contribution in [3.05, 3.63) is 48.0 Å². The van der Waals surface area contributed by atoms with E-state index in [9.17, 15) is 9.00 Å². The van der Waals surface area contributed by atoms with Crippen LogP contribution in [0.15, 0.2) is 57.2 Å². The molecule has 1 unspecified atom stereocenters. The number of rotatable bonds is 11. The van der Waals surface area contributed by atoms with Gasteiger partial charge in [-0.2, -0.15) is 4.98 Å². The maximum atomic E-state index is 12.8. The first-order valence-electron chi connectivity index (χ1n) is 11.8. The summed E-state index contributed by atoms with van der Waals surface area (Å²) in [7, 11) is -2.90. The molecule has 2 heterocycles. The number of benzene rings is 1. The molecule has 0 saturated carbocycles. The van der Waals surface area contributed by atoms with E-state index >= 15 is 0 Å². The van der Waals surface area contributed by atoms with Crippen LogP contribution in [0.4, 0.5) is 22.2 Å². The first-order chi connectivity index (χ1) is 16.9. The number of thiophene rings is 1. The first-order valence-corrected chi connectivity index (χ1v) is 14.6. The molecule has 188 valence electrons. The van der Waals surface area contributed by atoms with E-state index in [2.05, 4.69) is 39.9 Å². The topological polar surface area (TPSA) is 106 Å². The molecule has 0 bridgehead atoms. The average molecular weight is 516 g/mol.